The molecule has 1 atom stereocenters. The lowest BCUT2D eigenvalue weighted by atomic mass is 10.2. The summed E-state index contributed by atoms with van der Waals surface area (Å²) in [6.45, 7) is 0. The smallest absolute Gasteiger partial charge is 0.120 e. The average Bonchev–Trinajstić information content (AvgIpc) is 2.65. The molecule has 1 nitrogen and oxygen atoms in total. The van der Waals surface area contributed by atoms with Crippen LogP contribution in [0.3, 0.4) is 0 Å². The SMILES string of the molecule is N#CC(Cl)CCC1CC1. The molecule has 1 aliphatic rings. The van der Waals surface area contributed by atoms with E-state index in [1.165, 1.54) is 12.8 Å². The Balaban J connectivity index is 1.97. The molecular weight excluding hydrogens is 134 g/mol. The van der Waals surface area contributed by atoms with Crippen molar-refractivity contribution in [1.29, 1.82) is 5.26 Å². The second-order valence-electron chi connectivity index (χ2n) is 2.62. The van der Waals surface area contributed by atoms with Crippen LogP contribution < -0.4 is 0 Å². The van der Waals surface area contributed by atoms with Crippen LogP contribution in [0.4, 0.5) is 0 Å². The van der Waals surface area contributed by atoms with Gasteiger partial charge in [0.05, 0.1) is 6.07 Å². The van der Waals surface area contributed by atoms with Crippen molar-refractivity contribution in [2.24, 2.45) is 5.92 Å². The van der Waals surface area contributed by atoms with Crippen LogP contribution in [0.5, 0.6) is 0 Å². The van der Waals surface area contributed by atoms with Crippen LogP contribution in [-0.4, -0.2) is 5.38 Å². The molecule has 0 aromatic rings. The summed E-state index contributed by atoms with van der Waals surface area (Å²) >= 11 is 5.58. The average molecular weight is 144 g/mol. The Morgan fingerprint density at radius 2 is 2.33 bits per heavy atom. The van der Waals surface area contributed by atoms with Gasteiger partial charge in [-0.05, 0) is 18.8 Å². The Bertz CT molecular complexity index is 123. The van der Waals surface area contributed by atoms with E-state index in [2.05, 4.69) is 0 Å². The van der Waals surface area contributed by atoms with E-state index >= 15 is 0 Å². The fourth-order valence-electron chi connectivity index (χ4n) is 0.853. The van der Waals surface area contributed by atoms with Crippen molar-refractivity contribution in [2.75, 3.05) is 0 Å². The Hall–Kier alpha value is -0.220. The van der Waals surface area contributed by atoms with Crippen LogP contribution in [0.1, 0.15) is 25.7 Å². The largest absolute Gasteiger partial charge is 0.197 e. The molecular formula is C7H10ClN. The third kappa shape index (κ3) is 2.72. The molecule has 1 rings (SSSR count). The summed E-state index contributed by atoms with van der Waals surface area (Å²) in [7, 11) is 0. The summed E-state index contributed by atoms with van der Waals surface area (Å²) in [5.41, 5.74) is 0. The first-order valence-electron chi connectivity index (χ1n) is 3.36. The first-order chi connectivity index (χ1) is 4.33. The summed E-state index contributed by atoms with van der Waals surface area (Å²) in [5.74, 6) is 0.902. The van der Waals surface area contributed by atoms with Crippen LogP contribution in [0.15, 0.2) is 0 Å². The van der Waals surface area contributed by atoms with Crippen LogP contribution in [0.25, 0.3) is 0 Å². The Kier molecular flexibility index (Phi) is 2.36. The molecule has 0 bridgehead atoms. The van der Waals surface area contributed by atoms with E-state index in [1.54, 1.807) is 0 Å². The van der Waals surface area contributed by atoms with Gasteiger partial charge < -0.3 is 0 Å². The molecule has 0 radical (unpaired) electrons. The third-order valence-corrected chi connectivity index (χ3v) is 1.98. The second-order valence-corrected chi connectivity index (χ2v) is 3.14. The van der Waals surface area contributed by atoms with Gasteiger partial charge in [0, 0.05) is 0 Å². The van der Waals surface area contributed by atoms with Gasteiger partial charge in [0.2, 0.25) is 0 Å². The van der Waals surface area contributed by atoms with Crippen molar-refractivity contribution in [2.45, 2.75) is 31.1 Å². The normalized spacial score (nSPS) is 20.9. The van der Waals surface area contributed by atoms with Crippen LogP contribution >= 0.6 is 11.6 Å². The summed E-state index contributed by atoms with van der Waals surface area (Å²) in [6.07, 6.45) is 4.74. The molecule has 1 aliphatic carbocycles. The van der Waals surface area contributed by atoms with Crippen LogP contribution in [-0.2, 0) is 0 Å². The van der Waals surface area contributed by atoms with Gasteiger partial charge in [-0.15, -0.1) is 11.6 Å². The highest BCUT2D eigenvalue weighted by molar-refractivity contribution is 6.22. The van der Waals surface area contributed by atoms with Crippen molar-refractivity contribution >= 4 is 11.6 Å². The first-order valence-corrected chi connectivity index (χ1v) is 3.80. The molecule has 0 heterocycles. The maximum atomic E-state index is 8.29. The summed E-state index contributed by atoms with van der Waals surface area (Å²) in [5, 5.41) is 8.04. The highest BCUT2D eigenvalue weighted by atomic mass is 35.5. The molecule has 0 aromatic carbocycles. The Morgan fingerprint density at radius 3 is 2.78 bits per heavy atom. The van der Waals surface area contributed by atoms with Crippen LogP contribution in [0, 0.1) is 17.2 Å². The molecule has 0 amide bonds. The number of hydrogen-bond acceptors (Lipinski definition) is 1. The topological polar surface area (TPSA) is 23.8 Å². The van der Waals surface area contributed by atoms with E-state index in [-0.39, 0.29) is 5.38 Å². The summed E-state index contributed by atoms with van der Waals surface area (Å²) in [4.78, 5) is 0. The number of nitriles is 1. The molecule has 1 unspecified atom stereocenters. The number of hydrogen-bond donors (Lipinski definition) is 0. The van der Waals surface area contributed by atoms with E-state index < -0.39 is 0 Å². The quantitative estimate of drug-likeness (QED) is 0.557. The van der Waals surface area contributed by atoms with Crippen molar-refractivity contribution in [3.05, 3.63) is 0 Å². The first kappa shape index (κ1) is 6.89. The van der Waals surface area contributed by atoms with Gasteiger partial charge in [-0.1, -0.05) is 12.8 Å². The monoisotopic (exact) mass is 143 g/mol. The molecule has 1 saturated carbocycles. The van der Waals surface area contributed by atoms with Gasteiger partial charge in [0.25, 0.3) is 0 Å². The molecule has 2 heteroatoms. The zero-order valence-corrected chi connectivity index (χ0v) is 6.06. The zero-order valence-electron chi connectivity index (χ0n) is 5.31. The lowest BCUT2D eigenvalue weighted by Crippen LogP contribution is -1.93. The summed E-state index contributed by atoms with van der Waals surface area (Å²) in [6, 6.07) is 2.01. The number of nitrogens with zero attached hydrogens (tertiary/aromatic N) is 1. The molecule has 0 saturated heterocycles. The van der Waals surface area contributed by atoms with E-state index in [1.807, 2.05) is 6.07 Å². The predicted molar refractivity (Wildman–Crippen MR) is 37.2 cm³/mol. The second kappa shape index (κ2) is 3.08. The highest BCUT2D eigenvalue weighted by Gasteiger charge is 2.21. The van der Waals surface area contributed by atoms with Crippen molar-refractivity contribution in [1.82, 2.24) is 0 Å². The molecule has 9 heavy (non-hydrogen) atoms. The predicted octanol–water partition coefficient (Wildman–Crippen LogP) is 2.31. The van der Waals surface area contributed by atoms with Crippen molar-refractivity contribution in [3.8, 4) is 6.07 Å². The van der Waals surface area contributed by atoms with Crippen LogP contribution in [0.2, 0.25) is 0 Å². The molecule has 0 spiro atoms. The van der Waals surface area contributed by atoms with Gasteiger partial charge in [0.1, 0.15) is 5.38 Å². The van der Waals surface area contributed by atoms with Gasteiger partial charge in [0.15, 0.2) is 0 Å². The van der Waals surface area contributed by atoms with E-state index in [4.69, 9.17) is 16.9 Å². The fourth-order valence-corrected chi connectivity index (χ4v) is 0.979. The highest BCUT2D eigenvalue weighted by Crippen LogP contribution is 2.34. The molecule has 1 fully saturated rings. The molecule has 50 valence electrons. The van der Waals surface area contributed by atoms with Gasteiger partial charge in [-0.25, -0.2) is 0 Å². The minimum Gasteiger partial charge on any atom is -0.197 e. The number of alkyl halides is 1. The number of rotatable bonds is 3. The number of halogens is 1. The molecule has 0 aromatic heterocycles. The minimum atomic E-state index is -0.245. The van der Waals surface area contributed by atoms with Gasteiger partial charge in [-0.3, -0.25) is 0 Å². The Morgan fingerprint density at radius 1 is 1.67 bits per heavy atom. The molecule has 0 N–H and O–H groups in total. The minimum absolute atomic E-state index is 0.245. The zero-order chi connectivity index (χ0) is 6.69. The van der Waals surface area contributed by atoms with Crippen molar-refractivity contribution < 1.29 is 0 Å². The van der Waals surface area contributed by atoms with Gasteiger partial charge >= 0.3 is 0 Å². The lowest BCUT2D eigenvalue weighted by molar-refractivity contribution is 0.682. The van der Waals surface area contributed by atoms with E-state index in [0.717, 1.165) is 18.8 Å². The molecule has 0 aliphatic heterocycles. The fraction of sp³-hybridized carbons (Fsp3) is 0.857. The summed E-state index contributed by atoms with van der Waals surface area (Å²) < 4.78 is 0. The van der Waals surface area contributed by atoms with E-state index in [9.17, 15) is 0 Å². The third-order valence-electron chi connectivity index (χ3n) is 1.67. The van der Waals surface area contributed by atoms with Gasteiger partial charge in [-0.2, -0.15) is 5.26 Å². The maximum absolute atomic E-state index is 8.29. The Labute approximate surface area is 60.6 Å². The standard InChI is InChI=1S/C7H10ClN/c8-7(5-9)4-3-6-1-2-6/h6-7H,1-4H2. The van der Waals surface area contributed by atoms with E-state index in [0.29, 0.717) is 0 Å². The van der Waals surface area contributed by atoms with Crippen molar-refractivity contribution in [3.63, 3.8) is 0 Å². The maximum Gasteiger partial charge on any atom is 0.120 e. The lowest BCUT2D eigenvalue weighted by Gasteiger charge is -1.95.